The zero-order valence-corrected chi connectivity index (χ0v) is 13.2. The molecule has 4 rings (SSSR count). The number of hydrogen-bond acceptors (Lipinski definition) is 3. The van der Waals surface area contributed by atoms with Gasteiger partial charge in [-0.2, -0.15) is 11.8 Å². The van der Waals surface area contributed by atoms with Gasteiger partial charge in [0.2, 0.25) is 0 Å². The van der Waals surface area contributed by atoms with Crippen molar-refractivity contribution >= 4 is 28.4 Å². The highest BCUT2D eigenvalue weighted by Gasteiger charge is 2.18. The first-order valence-corrected chi connectivity index (χ1v) is 8.83. The van der Waals surface area contributed by atoms with Gasteiger partial charge in [-0.25, -0.2) is 0 Å². The molecule has 1 aliphatic heterocycles. The van der Waals surface area contributed by atoms with Gasteiger partial charge >= 0.3 is 0 Å². The van der Waals surface area contributed by atoms with Crippen molar-refractivity contribution in [3.05, 3.63) is 71.4 Å². The van der Waals surface area contributed by atoms with Crippen LogP contribution in [0.15, 0.2) is 54.6 Å². The Bertz CT molecular complexity index is 799. The van der Waals surface area contributed by atoms with E-state index < -0.39 is 0 Å². The summed E-state index contributed by atoms with van der Waals surface area (Å²) in [6, 6.07) is 19.0. The van der Waals surface area contributed by atoms with Gasteiger partial charge in [0.15, 0.2) is 0 Å². The number of nitrogens with zero attached hydrogens (tertiary/aromatic N) is 1. The third kappa shape index (κ3) is 2.57. The quantitative estimate of drug-likeness (QED) is 0.763. The number of hydrogen-bond donors (Lipinski definition) is 1. The zero-order chi connectivity index (χ0) is 14.8. The molecule has 2 heterocycles. The molecule has 3 heteroatoms. The van der Waals surface area contributed by atoms with Crippen LogP contribution in [0.2, 0.25) is 0 Å². The molecule has 2 aromatic carbocycles. The number of aryl methyl sites for hydroxylation is 1. The summed E-state index contributed by atoms with van der Waals surface area (Å²) in [5.74, 6) is 2.24. The van der Waals surface area contributed by atoms with E-state index in [0.717, 1.165) is 24.2 Å². The SMILES string of the molecule is c1ccc(CNc2c3c(nc4ccccc24)CCSC3)cc1. The van der Waals surface area contributed by atoms with Crippen LogP contribution in [0.3, 0.4) is 0 Å². The highest BCUT2D eigenvalue weighted by atomic mass is 32.2. The van der Waals surface area contributed by atoms with Crippen molar-refractivity contribution in [2.75, 3.05) is 11.1 Å². The molecule has 0 spiro atoms. The van der Waals surface area contributed by atoms with Crippen molar-refractivity contribution < 1.29 is 0 Å². The van der Waals surface area contributed by atoms with Crippen LogP contribution < -0.4 is 5.32 Å². The summed E-state index contributed by atoms with van der Waals surface area (Å²) < 4.78 is 0. The lowest BCUT2D eigenvalue weighted by molar-refractivity contribution is 1.00. The summed E-state index contributed by atoms with van der Waals surface area (Å²) in [5.41, 5.74) is 6.35. The first kappa shape index (κ1) is 13.6. The fourth-order valence-electron chi connectivity index (χ4n) is 3.00. The molecule has 110 valence electrons. The maximum Gasteiger partial charge on any atom is 0.0726 e. The third-order valence-corrected chi connectivity index (χ3v) is 5.11. The Hall–Kier alpha value is -2.00. The van der Waals surface area contributed by atoms with Gasteiger partial charge in [-0.3, -0.25) is 4.98 Å². The molecule has 0 aliphatic carbocycles. The summed E-state index contributed by atoms with van der Waals surface area (Å²) in [5, 5.41) is 4.91. The molecule has 0 fully saturated rings. The van der Waals surface area contributed by atoms with Crippen LogP contribution in [0.4, 0.5) is 5.69 Å². The van der Waals surface area contributed by atoms with E-state index in [4.69, 9.17) is 4.98 Å². The van der Waals surface area contributed by atoms with Gasteiger partial charge < -0.3 is 5.32 Å². The standard InChI is InChI=1S/C19H18N2S/c1-2-6-14(7-3-1)12-20-19-15-8-4-5-9-17(15)21-18-10-11-22-13-16(18)19/h1-9H,10-13H2,(H,20,21). The Morgan fingerprint density at radius 2 is 1.82 bits per heavy atom. The van der Waals surface area contributed by atoms with E-state index in [1.165, 1.54) is 33.6 Å². The second-order valence-electron chi connectivity index (χ2n) is 5.57. The Morgan fingerprint density at radius 1 is 1.00 bits per heavy atom. The number of rotatable bonds is 3. The maximum absolute atomic E-state index is 4.88. The number of aromatic nitrogens is 1. The van der Waals surface area contributed by atoms with Gasteiger partial charge in [0.1, 0.15) is 0 Å². The predicted octanol–water partition coefficient (Wildman–Crippen LogP) is 4.64. The average Bonchev–Trinajstić information content (AvgIpc) is 2.59. The van der Waals surface area contributed by atoms with Gasteiger partial charge in [0, 0.05) is 34.6 Å². The van der Waals surface area contributed by atoms with Crippen LogP contribution >= 0.6 is 11.8 Å². The minimum Gasteiger partial charge on any atom is -0.380 e. The first-order valence-electron chi connectivity index (χ1n) is 7.68. The molecule has 1 aliphatic rings. The number of nitrogens with one attached hydrogen (secondary N) is 1. The molecule has 0 radical (unpaired) electrons. The zero-order valence-electron chi connectivity index (χ0n) is 12.4. The fraction of sp³-hybridized carbons (Fsp3) is 0.211. The van der Waals surface area contributed by atoms with E-state index in [9.17, 15) is 0 Å². The fourth-order valence-corrected chi connectivity index (χ4v) is 3.99. The third-order valence-electron chi connectivity index (χ3n) is 4.12. The van der Waals surface area contributed by atoms with Crippen LogP contribution in [0.5, 0.6) is 0 Å². The Balaban J connectivity index is 1.77. The van der Waals surface area contributed by atoms with E-state index in [1.807, 2.05) is 11.8 Å². The van der Waals surface area contributed by atoms with Crippen LogP contribution in [0, 0.1) is 0 Å². The van der Waals surface area contributed by atoms with Gasteiger partial charge in [0.05, 0.1) is 5.52 Å². The molecule has 0 saturated heterocycles. The smallest absolute Gasteiger partial charge is 0.0726 e. The van der Waals surface area contributed by atoms with E-state index in [-0.39, 0.29) is 0 Å². The monoisotopic (exact) mass is 306 g/mol. The maximum atomic E-state index is 4.88. The Kier molecular flexibility index (Phi) is 3.73. The number of fused-ring (bicyclic) bond motifs is 2. The van der Waals surface area contributed by atoms with Crippen molar-refractivity contribution in [3.8, 4) is 0 Å². The minimum absolute atomic E-state index is 0.853. The predicted molar refractivity (Wildman–Crippen MR) is 95.4 cm³/mol. The van der Waals surface area contributed by atoms with E-state index in [1.54, 1.807) is 0 Å². The molecular formula is C19H18N2S. The summed E-state index contributed by atoms with van der Waals surface area (Å²) in [4.78, 5) is 4.88. The number of anilines is 1. The molecule has 0 atom stereocenters. The Morgan fingerprint density at radius 3 is 2.73 bits per heavy atom. The molecule has 3 aromatic rings. The second-order valence-corrected chi connectivity index (χ2v) is 6.68. The van der Waals surface area contributed by atoms with Gasteiger partial charge in [-0.05, 0) is 23.8 Å². The van der Waals surface area contributed by atoms with Crippen LogP contribution in [0.1, 0.15) is 16.8 Å². The lowest BCUT2D eigenvalue weighted by Crippen LogP contribution is -2.11. The van der Waals surface area contributed by atoms with Crippen LogP contribution in [0.25, 0.3) is 10.9 Å². The average molecular weight is 306 g/mol. The number of thioether (sulfide) groups is 1. The van der Waals surface area contributed by atoms with Crippen molar-refractivity contribution in [1.29, 1.82) is 0 Å². The van der Waals surface area contributed by atoms with Gasteiger partial charge in [-0.1, -0.05) is 48.5 Å². The lowest BCUT2D eigenvalue weighted by atomic mass is 10.0. The lowest BCUT2D eigenvalue weighted by Gasteiger charge is -2.21. The highest BCUT2D eigenvalue weighted by Crippen LogP contribution is 2.35. The second kappa shape index (κ2) is 6.01. The summed E-state index contributed by atoms with van der Waals surface area (Å²) in [7, 11) is 0. The molecule has 1 N–H and O–H groups in total. The van der Waals surface area contributed by atoms with Crippen LogP contribution in [-0.4, -0.2) is 10.7 Å². The Labute approximate surface area is 135 Å². The summed E-state index contributed by atoms with van der Waals surface area (Å²) in [6.07, 6.45) is 1.07. The highest BCUT2D eigenvalue weighted by molar-refractivity contribution is 7.98. The van der Waals surface area contributed by atoms with E-state index >= 15 is 0 Å². The molecule has 0 unspecified atom stereocenters. The largest absolute Gasteiger partial charge is 0.380 e. The van der Waals surface area contributed by atoms with Crippen LogP contribution in [-0.2, 0) is 18.7 Å². The number of para-hydroxylation sites is 1. The molecule has 0 saturated carbocycles. The van der Waals surface area contributed by atoms with Crippen molar-refractivity contribution in [1.82, 2.24) is 4.98 Å². The van der Waals surface area contributed by atoms with Crippen molar-refractivity contribution in [2.24, 2.45) is 0 Å². The molecule has 1 aromatic heterocycles. The molecule has 2 nitrogen and oxygen atoms in total. The molecule has 22 heavy (non-hydrogen) atoms. The van der Waals surface area contributed by atoms with E-state index in [0.29, 0.717) is 0 Å². The molecule has 0 amide bonds. The first-order chi connectivity index (χ1) is 10.9. The number of benzene rings is 2. The van der Waals surface area contributed by atoms with Gasteiger partial charge in [0.25, 0.3) is 0 Å². The topological polar surface area (TPSA) is 24.9 Å². The summed E-state index contributed by atoms with van der Waals surface area (Å²) >= 11 is 2.00. The minimum atomic E-state index is 0.853. The molecular weight excluding hydrogens is 288 g/mol. The molecule has 0 bridgehead atoms. The normalized spacial score (nSPS) is 13.8. The van der Waals surface area contributed by atoms with Gasteiger partial charge in [-0.15, -0.1) is 0 Å². The van der Waals surface area contributed by atoms with Crippen molar-refractivity contribution in [3.63, 3.8) is 0 Å². The summed E-state index contributed by atoms with van der Waals surface area (Å²) in [6.45, 7) is 0.853. The van der Waals surface area contributed by atoms with Crippen molar-refractivity contribution in [2.45, 2.75) is 18.7 Å². The van der Waals surface area contributed by atoms with E-state index in [2.05, 4.69) is 59.9 Å². The number of pyridine rings is 1.